The van der Waals surface area contributed by atoms with E-state index in [9.17, 15) is 18.7 Å². The highest BCUT2D eigenvalue weighted by atomic mass is 19.1. The van der Waals surface area contributed by atoms with Crippen LogP contribution >= 0.6 is 0 Å². The van der Waals surface area contributed by atoms with Crippen LogP contribution < -0.4 is 4.74 Å². The van der Waals surface area contributed by atoms with Crippen molar-refractivity contribution in [1.82, 2.24) is 0 Å². The van der Waals surface area contributed by atoms with Crippen molar-refractivity contribution in [3.8, 4) is 5.75 Å². The Morgan fingerprint density at radius 3 is 2.58 bits per heavy atom. The number of esters is 1. The SMILES string of the molecule is CC1C[C@@H]([C@H](O)COc2cc(F)cc(F)c2)OC1=O. The largest absolute Gasteiger partial charge is 0.491 e. The summed E-state index contributed by atoms with van der Waals surface area (Å²) in [6.45, 7) is 1.51. The van der Waals surface area contributed by atoms with E-state index in [4.69, 9.17) is 9.47 Å². The van der Waals surface area contributed by atoms with Crippen LogP contribution in [-0.2, 0) is 9.53 Å². The first-order valence-electron chi connectivity index (χ1n) is 5.93. The minimum Gasteiger partial charge on any atom is -0.491 e. The summed E-state index contributed by atoms with van der Waals surface area (Å²) < 4.78 is 35.9. The standard InChI is InChI=1S/C13H14F2O4/c1-7-2-12(19-13(7)17)11(16)6-18-10-4-8(14)3-9(15)5-10/h3-5,7,11-12,16H,2,6H2,1H3/t7?,11-,12+/m1/s1. The molecule has 1 unspecified atom stereocenters. The molecule has 0 saturated carbocycles. The fraction of sp³-hybridized carbons (Fsp3) is 0.462. The summed E-state index contributed by atoms with van der Waals surface area (Å²) in [7, 11) is 0. The first-order chi connectivity index (χ1) is 8.95. The highest BCUT2D eigenvalue weighted by Crippen LogP contribution is 2.23. The molecule has 1 aromatic rings. The third-order valence-corrected chi connectivity index (χ3v) is 2.94. The molecule has 1 heterocycles. The Kier molecular flexibility index (Phi) is 3.99. The normalized spacial score (nSPS) is 24.1. The Labute approximate surface area is 108 Å². The van der Waals surface area contributed by atoms with Gasteiger partial charge in [-0.3, -0.25) is 4.79 Å². The van der Waals surface area contributed by atoms with Gasteiger partial charge in [-0.2, -0.15) is 0 Å². The summed E-state index contributed by atoms with van der Waals surface area (Å²) in [6.07, 6.45) is -1.26. The van der Waals surface area contributed by atoms with E-state index in [1.165, 1.54) is 0 Å². The molecule has 1 fully saturated rings. The Hall–Kier alpha value is -1.69. The monoisotopic (exact) mass is 272 g/mol. The summed E-state index contributed by atoms with van der Waals surface area (Å²) in [6, 6.07) is 2.75. The number of rotatable bonds is 4. The molecule has 0 aliphatic carbocycles. The molecule has 0 amide bonds. The lowest BCUT2D eigenvalue weighted by Crippen LogP contribution is -2.31. The number of carbonyl (C=O) groups excluding carboxylic acids is 1. The van der Waals surface area contributed by atoms with Gasteiger partial charge in [-0.25, -0.2) is 8.78 Å². The smallest absolute Gasteiger partial charge is 0.309 e. The molecule has 1 aliphatic rings. The van der Waals surface area contributed by atoms with E-state index in [0.717, 1.165) is 18.2 Å². The first kappa shape index (κ1) is 13.7. The number of hydrogen-bond acceptors (Lipinski definition) is 4. The lowest BCUT2D eigenvalue weighted by molar-refractivity contribution is -0.148. The number of benzene rings is 1. The van der Waals surface area contributed by atoms with Gasteiger partial charge in [0.05, 0.1) is 5.92 Å². The van der Waals surface area contributed by atoms with Crippen LogP contribution in [0.1, 0.15) is 13.3 Å². The number of cyclic esters (lactones) is 1. The van der Waals surface area contributed by atoms with Crippen molar-refractivity contribution < 1.29 is 28.2 Å². The summed E-state index contributed by atoms with van der Waals surface area (Å²) >= 11 is 0. The maximum atomic E-state index is 12.9. The molecular formula is C13H14F2O4. The molecule has 1 saturated heterocycles. The molecule has 0 radical (unpaired) electrons. The van der Waals surface area contributed by atoms with Gasteiger partial charge in [0.15, 0.2) is 0 Å². The first-order valence-corrected chi connectivity index (χ1v) is 5.93. The van der Waals surface area contributed by atoms with Gasteiger partial charge in [0.1, 0.15) is 36.2 Å². The average molecular weight is 272 g/mol. The quantitative estimate of drug-likeness (QED) is 0.847. The van der Waals surface area contributed by atoms with Crippen molar-refractivity contribution in [2.45, 2.75) is 25.6 Å². The van der Waals surface area contributed by atoms with Crippen molar-refractivity contribution >= 4 is 5.97 Å². The molecular weight excluding hydrogens is 258 g/mol. The average Bonchev–Trinajstić information content (AvgIpc) is 2.65. The lowest BCUT2D eigenvalue weighted by Gasteiger charge is -2.17. The minimum absolute atomic E-state index is 0.0195. The molecule has 6 heteroatoms. The van der Waals surface area contributed by atoms with E-state index in [2.05, 4.69) is 0 Å². The summed E-state index contributed by atoms with van der Waals surface area (Å²) in [5.41, 5.74) is 0. The van der Waals surface area contributed by atoms with Gasteiger partial charge in [0.2, 0.25) is 0 Å². The molecule has 19 heavy (non-hydrogen) atoms. The Morgan fingerprint density at radius 2 is 2.05 bits per heavy atom. The van der Waals surface area contributed by atoms with E-state index in [-0.39, 0.29) is 24.2 Å². The third-order valence-electron chi connectivity index (χ3n) is 2.94. The molecule has 4 nitrogen and oxygen atoms in total. The van der Waals surface area contributed by atoms with Gasteiger partial charge in [0, 0.05) is 24.6 Å². The van der Waals surface area contributed by atoms with Crippen LogP contribution in [0.3, 0.4) is 0 Å². The van der Waals surface area contributed by atoms with Crippen LogP contribution in [0.5, 0.6) is 5.75 Å². The van der Waals surface area contributed by atoms with E-state index >= 15 is 0 Å². The van der Waals surface area contributed by atoms with Crippen molar-refractivity contribution in [3.05, 3.63) is 29.8 Å². The van der Waals surface area contributed by atoms with Crippen LogP contribution in [0.15, 0.2) is 18.2 Å². The predicted octanol–water partition coefficient (Wildman–Crippen LogP) is 1.66. The number of carbonyl (C=O) groups is 1. The Bertz CT molecular complexity index is 457. The van der Waals surface area contributed by atoms with Gasteiger partial charge in [0.25, 0.3) is 0 Å². The zero-order chi connectivity index (χ0) is 14.0. The lowest BCUT2D eigenvalue weighted by atomic mass is 10.0. The van der Waals surface area contributed by atoms with Crippen molar-refractivity contribution in [2.24, 2.45) is 5.92 Å². The highest BCUT2D eigenvalue weighted by Gasteiger charge is 2.35. The molecule has 104 valence electrons. The van der Waals surface area contributed by atoms with E-state index in [1.807, 2.05) is 0 Å². The van der Waals surface area contributed by atoms with Crippen LogP contribution in [-0.4, -0.2) is 29.9 Å². The maximum absolute atomic E-state index is 12.9. The zero-order valence-corrected chi connectivity index (χ0v) is 10.3. The van der Waals surface area contributed by atoms with Crippen LogP contribution in [0.25, 0.3) is 0 Å². The topological polar surface area (TPSA) is 55.8 Å². The number of ether oxygens (including phenoxy) is 2. The predicted molar refractivity (Wildman–Crippen MR) is 61.5 cm³/mol. The van der Waals surface area contributed by atoms with E-state index in [0.29, 0.717) is 6.42 Å². The molecule has 0 spiro atoms. The molecule has 1 aromatic carbocycles. The molecule has 1 N–H and O–H groups in total. The van der Waals surface area contributed by atoms with Gasteiger partial charge < -0.3 is 14.6 Å². The minimum atomic E-state index is -1.03. The summed E-state index contributed by atoms with van der Waals surface area (Å²) in [4.78, 5) is 11.2. The van der Waals surface area contributed by atoms with E-state index < -0.39 is 23.8 Å². The molecule has 3 atom stereocenters. The summed E-state index contributed by atoms with van der Waals surface area (Å²) in [5.74, 6) is -2.16. The van der Waals surface area contributed by atoms with Crippen LogP contribution in [0.4, 0.5) is 8.78 Å². The van der Waals surface area contributed by atoms with Crippen molar-refractivity contribution in [1.29, 1.82) is 0 Å². The number of halogens is 2. The Morgan fingerprint density at radius 1 is 1.42 bits per heavy atom. The number of hydrogen-bond donors (Lipinski definition) is 1. The zero-order valence-electron chi connectivity index (χ0n) is 10.3. The fourth-order valence-electron chi connectivity index (χ4n) is 1.89. The van der Waals surface area contributed by atoms with E-state index in [1.54, 1.807) is 6.92 Å². The fourth-order valence-corrected chi connectivity index (χ4v) is 1.89. The van der Waals surface area contributed by atoms with Crippen molar-refractivity contribution in [2.75, 3.05) is 6.61 Å². The second-order valence-electron chi connectivity index (χ2n) is 4.60. The van der Waals surface area contributed by atoms with Gasteiger partial charge in [-0.15, -0.1) is 0 Å². The number of aliphatic hydroxyl groups is 1. The second kappa shape index (κ2) is 5.52. The summed E-state index contributed by atoms with van der Waals surface area (Å²) in [5, 5.41) is 9.79. The van der Waals surface area contributed by atoms with Crippen molar-refractivity contribution in [3.63, 3.8) is 0 Å². The molecule has 1 aliphatic heterocycles. The van der Waals surface area contributed by atoms with Gasteiger partial charge in [-0.05, 0) is 0 Å². The third kappa shape index (κ3) is 3.41. The Balaban J connectivity index is 1.90. The number of aliphatic hydroxyl groups excluding tert-OH is 1. The second-order valence-corrected chi connectivity index (χ2v) is 4.60. The van der Waals surface area contributed by atoms with Gasteiger partial charge >= 0.3 is 5.97 Å². The van der Waals surface area contributed by atoms with Crippen LogP contribution in [0.2, 0.25) is 0 Å². The highest BCUT2D eigenvalue weighted by molar-refractivity contribution is 5.74. The maximum Gasteiger partial charge on any atom is 0.309 e. The van der Waals surface area contributed by atoms with Crippen LogP contribution in [0, 0.1) is 17.6 Å². The molecule has 0 aromatic heterocycles. The van der Waals surface area contributed by atoms with Gasteiger partial charge in [-0.1, -0.05) is 6.92 Å². The molecule has 0 bridgehead atoms. The molecule has 2 rings (SSSR count).